The molecule has 1 unspecified atom stereocenters. The SMILES string of the molecule is OCC(=Cc1ccc([AsH2])cc1)CO. The van der Waals surface area contributed by atoms with Crippen LogP contribution >= 0.6 is 0 Å². The number of aliphatic hydroxyl groups excluding tert-OH is 2. The van der Waals surface area contributed by atoms with Gasteiger partial charge in [-0.1, -0.05) is 0 Å². The Kier molecular flexibility index (Phi) is 4.23. The maximum atomic E-state index is 8.82. The molecule has 1 aromatic carbocycles. The molecule has 1 rings (SSSR count). The average molecular weight is 240 g/mol. The molecule has 0 spiro atoms. The summed E-state index contributed by atoms with van der Waals surface area (Å²) in [5, 5.41) is 17.6. The Hall–Kier alpha value is -0.562. The minimum absolute atomic E-state index is 0.0890. The number of rotatable bonds is 3. The molecule has 0 radical (unpaired) electrons. The molecule has 0 aromatic heterocycles. The number of hydrogen-bond acceptors (Lipinski definition) is 2. The van der Waals surface area contributed by atoms with Crippen molar-refractivity contribution in [3.8, 4) is 0 Å². The van der Waals surface area contributed by atoms with E-state index in [1.54, 1.807) is 22.9 Å². The first kappa shape index (κ1) is 10.5. The average Bonchev–Trinajstić information content (AvgIpc) is 2.17. The van der Waals surface area contributed by atoms with Crippen LogP contribution in [-0.4, -0.2) is 40.3 Å². The van der Waals surface area contributed by atoms with Gasteiger partial charge in [-0.15, -0.1) is 0 Å². The first-order chi connectivity index (χ1) is 6.26. The van der Waals surface area contributed by atoms with E-state index in [2.05, 4.69) is 0 Å². The quantitative estimate of drug-likeness (QED) is 0.687. The van der Waals surface area contributed by atoms with Crippen LogP contribution in [0.25, 0.3) is 6.08 Å². The molecule has 70 valence electrons. The summed E-state index contributed by atoms with van der Waals surface area (Å²) in [6.45, 7) is -0.178. The van der Waals surface area contributed by atoms with E-state index in [9.17, 15) is 0 Å². The number of hydrogen-bond donors (Lipinski definition) is 2. The molecule has 3 heteroatoms. The molecule has 0 aliphatic heterocycles. The van der Waals surface area contributed by atoms with Gasteiger partial charge in [0.15, 0.2) is 0 Å². The molecule has 2 nitrogen and oxygen atoms in total. The van der Waals surface area contributed by atoms with Crippen LogP contribution in [0.3, 0.4) is 0 Å². The molecule has 0 fully saturated rings. The van der Waals surface area contributed by atoms with E-state index in [0.717, 1.165) is 5.56 Å². The van der Waals surface area contributed by atoms with Gasteiger partial charge < -0.3 is 0 Å². The summed E-state index contributed by atoms with van der Waals surface area (Å²) in [6.07, 6.45) is 1.80. The summed E-state index contributed by atoms with van der Waals surface area (Å²) >= 11 is 1.58. The van der Waals surface area contributed by atoms with Crippen LogP contribution in [0.2, 0.25) is 0 Å². The summed E-state index contributed by atoms with van der Waals surface area (Å²) in [5.41, 5.74) is 1.65. The first-order valence-electron chi connectivity index (χ1n) is 4.03. The van der Waals surface area contributed by atoms with E-state index in [-0.39, 0.29) is 13.2 Å². The predicted molar refractivity (Wildman–Crippen MR) is 56.8 cm³/mol. The van der Waals surface area contributed by atoms with Crippen molar-refractivity contribution in [3.05, 3.63) is 35.4 Å². The Morgan fingerprint density at radius 3 is 2.15 bits per heavy atom. The second kappa shape index (κ2) is 5.23. The fourth-order valence-electron chi connectivity index (χ4n) is 0.969. The van der Waals surface area contributed by atoms with Gasteiger partial charge in [-0.25, -0.2) is 0 Å². The second-order valence-corrected chi connectivity index (χ2v) is 4.18. The van der Waals surface area contributed by atoms with Gasteiger partial charge in [0.2, 0.25) is 0 Å². The molecule has 2 N–H and O–H groups in total. The van der Waals surface area contributed by atoms with Gasteiger partial charge in [-0.05, 0) is 0 Å². The third-order valence-electron chi connectivity index (χ3n) is 1.71. The molecular weight excluding hydrogens is 227 g/mol. The zero-order valence-electron chi connectivity index (χ0n) is 7.27. The zero-order chi connectivity index (χ0) is 9.68. The van der Waals surface area contributed by atoms with E-state index < -0.39 is 0 Å². The van der Waals surface area contributed by atoms with E-state index in [1.807, 2.05) is 24.3 Å². The van der Waals surface area contributed by atoms with E-state index in [4.69, 9.17) is 10.2 Å². The van der Waals surface area contributed by atoms with Gasteiger partial charge in [0.1, 0.15) is 0 Å². The number of benzene rings is 1. The van der Waals surface area contributed by atoms with Crippen LogP contribution in [0.15, 0.2) is 29.8 Å². The monoisotopic (exact) mass is 240 g/mol. The summed E-state index contributed by atoms with van der Waals surface area (Å²) in [4.78, 5) is 0. The normalized spacial score (nSPS) is 9.77. The van der Waals surface area contributed by atoms with Crippen molar-refractivity contribution in [3.63, 3.8) is 0 Å². The van der Waals surface area contributed by atoms with Crippen LogP contribution in [0.1, 0.15) is 5.56 Å². The maximum absolute atomic E-state index is 8.82. The van der Waals surface area contributed by atoms with E-state index in [0.29, 0.717) is 5.57 Å². The Morgan fingerprint density at radius 2 is 1.69 bits per heavy atom. The third kappa shape index (κ3) is 3.35. The van der Waals surface area contributed by atoms with Gasteiger partial charge in [-0.3, -0.25) is 0 Å². The zero-order valence-corrected chi connectivity index (χ0v) is 9.70. The molecule has 0 saturated carbocycles. The topological polar surface area (TPSA) is 40.5 Å². The van der Waals surface area contributed by atoms with E-state index in [1.165, 1.54) is 4.35 Å². The van der Waals surface area contributed by atoms with Crippen molar-refractivity contribution in [2.45, 2.75) is 0 Å². The van der Waals surface area contributed by atoms with Gasteiger partial charge in [0, 0.05) is 0 Å². The molecule has 0 bridgehead atoms. The predicted octanol–water partition coefficient (Wildman–Crippen LogP) is -0.687. The molecule has 0 aliphatic rings. The van der Waals surface area contributed by atoms with Crippen molar-refractivity contribution >= 4 is 27.3 Å². The molecular formula is C10H13AsO2. The summed E-state index contributed by atoms with van der Waals surface area (Å²) < 4.78 is 1.26. The van der Waals surface area contributed by atoms with Crippen molar-refractivity contribution in [2.24, 2.45) is 0 Å². The Labute approximate surface area is 86.4 Å². The fraction of sp³-hybridized carbons (Fsp3) is 0.200. The molecule has 1 atom stereocenters. The summed E-state index contributed by atoms with van der Waals surface area (Å²) in [7, 11) is 0. The Bertz CT molecular complexity index is 284. The molecule has 0 aliphatic carbocycles. The molecule has 0 amide bonds. The Morgan fingerprint density at radius 1 is 1.15 bits per heavy atom. The summed E-state index contributed by atoms with van der Waals surface area (Å²) in [6, 6.07) is 8.00. The van der Waals surface area contributed by atoms with Crippen LogP contribution in [-0.2, 0) is 0 Å². The van der Waals surface area contributed by atoms with Crippen LogP contribution in [0, 0.1) is 0 Å². The summed E-state index contributed by atoms with van der Waals surface area (Å²) in [5.74, 6) is 0. The van der Waals surface area contributed by atoms with Gasteiger partial charge >= 0.3 is 86.1 Å². The van der Waals surface area contributed by atoms with Crippen molar-refractivity contribution < 1.29 is 10.2 Å². The van der Waals surface area contributed by atoms with Crippen molar-refractivity contribution in [1.82, 2.24) is 0 Å². The first-order valence-corrected chi connectivity index (χ1v) is 5.24. The number of aliphatic hydroxyl groups is 2. The van der Waals surface area contributed by atoms with Crippen LogP contribution in [0.5, 0.6) is 0 Å². The van der Waals surface area contributed by atoms with Crippen LogP contribution < -0.4 is 4.35 Å². The van der Waals surface area contributed by atoms with Gasteiger partial charge in [0.05, 0.1) is 0 Å². The molecule has 13 heavy (non-hydrogen) atoms. The van der Waals surface area contributed by atoms with E-state index >= 15 is 0 Å². The van der Waals surface area contributed by atoms with Gasteiger partial charge in [-0.2, -0.15) is 0 Å². The van der Waals surface area contributed by atoms with Crippen LogP contribution in [0.4, 0.5) is 0 Å². The van der Waals surface area contributed by atoms with Crippen molar-refractivity contribution in [1.29, 1.82) is 0 Å². The third-order valence-corrected chi connectivity index (χ3v) is 2.52. The van der Waals surface area contributed by atoms with Crippen molar-refractivity contribution in [2.75, 3.05) is 13.2 Å². The second-order valence-electron chi connectivity index (χ2n) is 2.79. The van der Waals surface area contributed by atoms with Gasteiger partial charge in [0.25, 0.3) is 0 Å². The molecule has 0 saturated heterocycles. The molecule has 1 aromatic rings. The fourth-order valence-corrected chi connectivity index (χ4v) is 1.37. The minimum atomic E-state index is -0.0890. The molecule has 0 heterocycles. The standard InChI is InChI=1S/C10H13AsO2/c11-10-3-1-8(2-4-10)5-9(6-12)7-13/h1-5,12-13H,6-7,11H2. The Balaban J connectivity index is 2.84.